The van der Waals surface area contributed by atoms with Crippen LogP contribution in [0, 0.1) is 0 Å². The standard InChI is InChI=1S/C38H30Cl2N4O3S/c1-48(46,47)43-21-30(24-11-6-3-7-12-24)32(22-43)42-38(45)35-34-33-29(19-27(40)20-31(33)41-35)36(25-14-16-26(39)17-15-25)44-18-8-13-28(37(34)44)23-9-4-2-5-10-23/h2-7,9-20,30,32,36,41H,21-22H2,1H3,(H,42,45). The molecule has 1 saturated heterocycles. The molecule has 1 fully saturated rings. The monoisotopic (exact) mass is 692 g/mol. The molecule has 8 rings (SSSR count). The van der Waals surface area contributed by atoms with Gasteiger partial charge in [-0.15, -0.1) is 5.73 Å². The van der Waals surface area contributed by atoms with E-state index in [1.165, 1.54) is 10.6 Å². The number of allylic oxidation sites excluding steroid dienone is 2. The molecule has 48 heavy (non-hydrogen) atoms. The van der Waals surface area contributed by atoms with Crippen LogP contribution in [0.4, 0.5) is 0 Å². The zero-order valence-electron chi connectivity index (χ0n) is 25.8. The van der Waals surface area contributed by atoms with Crippen molar-refractivity contribution in [2.45, 2.75) is 18.0 Å². The molecule has 4 aromatic carbocycles. The third-order valence-corrected chi connectivity index (χ3v) is 11.2. The summed E-state index contributed by atoms with van der Waals surface area (Å²) in [6.45, 7) is 0.452. The molecule has 240 valence electrons. The maximum atomic E-state index is 14.6. The van der Waals surface area contributed by atoms with Gasteiger partial charge in [0.15, 0.2) is 0 Å². The van der Waals surface area contributed by atoms with E-state index in [0.717, 1.165) is 50.0 Å². The molecular formula is C38H30Cl2N4O3S. The van der Waals surface area contributed by atoms with E-state index in [-0.39, 0.29) is 31.0 Å². The Morgan fingerprint density at radius 1 is 0.896 bits per heavy atom. The molecular weight excluding hydrogens is 663 g/mol. The zero-order valence-corrected chi connectivity index (χ0v) is 28.2. The number of hydrogen-bond donors (Lipinski definition) is 2. The number of nitrogens with zero attached hydrogens (tertiary/aromatic N) is 2. The largest absolute Gasteiger partial charge is 0.350 e. The van der Waals surface area contributed by atoms with Crippen molar-refractivity contribution in [1.29, 1.82) is 0 Å². The van der Waals surface area contributed by atoms with Crippen molar-refractivity contribution in [3.63, 3.8) is 0 Å². The Bertz CT molecular complexity index is 2300. The van der Waals surface area contributed by atoms with Gasteiger partial charge in [0.25, 0.3) is 5.91 Å². The van der Waals surface area contributed by atoms with Gasteiger partial charge in [-0.1, -0.05) is 96.0 Å². The first-order valence-electron chi connectivity index (χ1n) is 15.6. The maximum absolute atomic E-state index is 14.6. The van der Waals surface area contributed by atoms with Gasteiger partial charge in [-0.2, -0.15) is 4.31 Å². The molecule has 0 bridgehead atoms. The summed E-state index contributed by atoms with van der Waals surface area (Å²) in [6, 6.07) is 30.6. The first-order chi connectivity index (χ1) is 23.2. The van der Waals surface area contributed by atoms with Crippen molar-refractivity contribution in [2.75, 3.05) is 19.3 Å². The molecule has 5 aromatic rings. The molecule has 0 spiro atoms. The summed E-state index contributed by atoms with van der Waals surface area (Å²) in [4.78, 5) is 20.2. The van der Waals surface area contributed by atoms with Crippen molar-refractivity contribution >= 4 is 61.3 Å². The number of aromatic amines is 1. The minimum absolute atomic E-state index is 0.172. The average molecular weight is 694 g/mol. The highest BCUT2D eigenvalue weighted by molar-refractivity contribution is 7.88. The predicted octanol–water partition coefficient (Wildman–Crippen LogP) is 7.59. The number of H-pyrrole nitrogens is 1. The van der Waals surface area contributed by atoms with Crippen LogP contribution in [0.25, 0.3) is 22.2 Å². The highest BCUT2D eigenvalue weighted by Gasteiger charge is 2.42. The molecule has 10 heteroatoms. The summed E-state index contributed by atoms with van der Waals surface area (Å²) in [5.74, 6) is -0.547. The fraction of sp³-hybridized carbons (Fsp3) is 0.158. The quantitative estimate of drug-likeness (QED) is 0.180. The van der Waals surface area contributed by atoms with Gasteiger partial charge in [-0.3, -0.25) is 4.79 Å². The Kier molecular flexibility index (Phi) is 7.59. The lowest BCUT2D eigenvalue weighted by molar-refractivity contribution is 0.0931. The molecule has 2 N–H and O–H groups in total. The summed E-state index contributed by atoms with van der Waals surface area (Å²) < 4.78 is 26.8. The van der Waals surface area contributed by atoms with Gasteiger partial charge < -0.3 is 15.2 Å². The highest BCUT2D eigenvalue weighted by atomic mass is 35.5. The van der Waals surface area contributed by atoms with Gasteiger partial charge in [0.05, 0.1) is 24.0 Å². The van der Waals surface area contributed by atoms with Crippen LogP contribution >= 0.6 is 23.2 Å². The number of benzene rings is 4. The van der Waals surface area contributed by atoms with E-state index in [2.05, 4.69) is 20.9 Å². The molecule has 7 nitrogen and oxygen atoms in total. The summed E-state index contributed by atoms with van der Waals surface area (Å²) >= 11 is 13.1. The van der Waals surface area contributed by atoms with Gasteiger partial charge in [0.1, 0.15) is 5.69 Å². The van der Waals surface area contributed by atoms with Gasteiger partial charge in [0.2, 0.25) is 10.0 Å². The summed E-state index contributed by atoms with van der Waals surface area (Å²) in [6.07, 6.45) is 5.07. The van der Waals surface area contributed by atoms with Crippen LogP contribution in [0.3, 0.4) is 0 Å². The average Bonchev–Trinajstić information content (AvgIpc) is 3.69. The Morgan fingerprint density at radius 2 is 1.60 bits per heavy atom. The number of amides is 1. The molecule has 0 aliphatic carbocycles. The van der Waals surface area contributed by atoms with E-state index in [9.17, 15) is 13.2 Å². The lowest BCUT2D eigenvalue weighted by Gasteiger charge is -2.39. The number of carbonyl (C=O) groups is 1. The van der Waals surface area contributed by atoms with E-state index in [4.69, 9.17) is 23.2 Å². The van der Waals surface area contributed by atoms with E-state index in [1.54, 1.807) is 0 Å². The van der Waals surface area contributed by atoms with Crippen LogP contribution in [0.5, 0.6) is 0 Å². The van der Waals surface area contributed by atoms with E-state index < -0.39 is 16.1 Å². The summed E-state index contributed by atoms with van der Waals surface area (Å²) in [5.41, 5.74) is 10.9. The first-order valence-corrected chi connectivity index (χ1v) is 18.2. The van der Waals surface area contributed by atoms with Crippen LogP contribution in [0.15, 0.2) is 115 Å². The van der Waals surface area contributed by atoms with Crippen LogP contribution in [0.1, 0.15) is 50.3 Å². The number of halogens is 2. The second-order valence-corrected chi connectivity index (χ2v) is 15.3. The molecule has 0 saturated carbocycles. The fourth-order valence-corrected chi connectivity index (χ4v) is 8.54. The summed E-state index contributed by atoms with van der Waals surface area (Å²) in [7, 11) is -3.48. The number of rotatable bonds is 6. The Morgan fingerprint density at radius 3 is 2.31 bits per heavy atom. The smallest absolute Gasteiger partial charge is 0.268 e. The Labute approximate surface area is 288 Å². The van der Waals surface area contributed by atoms with Crippen molar-refractivity contribution in [3.05, 3.63) is 159 Å². The number of aromatic nitrogens is 1. The van der Waals surface area contributed by atoms with Gasteiger partial charge in [0, 0.05) is 57.3 Å². The molecule has 0 radical (unpaired) electrons. The van der Waals surface area contributed by atoms with Crippen molar-refractivity contribution < 1.29 is 13.2 Å². The van der Waals surface area contributed by atoms with Crippen molar-refractivity contribution in [3.8, 4) is 0 Å². The van der Waals surface area contributed by atoms with Crippen LogP contribution in [-0.2, 0) is 10.0 Å². The normalized spacial score (nSPS) is 20.4. The predicted molar refractivity (Wildman–Crippen MR) is 191 cm³/mol. The fourth-order valence-electron chi connectivity index (χ4n) is 7.33. The minimum Gasteiger partial charge on any atom is -0.350 e. The third-order valence-electron chi connectivity index (χ3n) is 9.45. The van der Waals surface area contributed by atoms with E-state index in [0.29, 0.717) is 15.7 Å². The number of carbonyl (C=O) groups excluding carboxylic acids is 1. The van der Waals surface area contributed by atoms with Gasteiger partial charge in [-0.05, 0) is 52.6 Å². The Hall–Kier alpha value is -4.56. The topological polar surface area (TPSA) is 85.5 Å². The third kappa shape index (κ3) is 5.27. The number of hydrogen-bond acceptors (Lipinski definition) is 4. The lowest BCUT2D eigenvalue weighted by atomic mass is 9.84. The van der Waals surface area contributed by atoms with Gasteiger partial charge in [-0.25, -0.2) is 8.42 Å². The Balaban J connectivity index is 1.32. The van der Waals surface area contributed by atoms with Gasteiger partial charge >= 0.3 is 0 Å². The molecule has 4 heterocycles. The van der Waals surface area contributed by atoms with Crippen LogP contribution in [0.2, 0.25) is 10.0 Å². The lowest BCUT2D eigenvalue weighted by Crippen LogP contribution is -2.41. The number of nitrogens with one attached hydrogen (secondary N) is 2. The van der Waals surface area contributed by atoms with E-state index >= 15 is 0 Å². The maximum Gasteiger partial charge on any atom is 0.268 e. The molecule has 3 aliphatic heterocycles. The second kappa shape index (κ2) is 11.8. The molecule has 3 aliphatic rings. The second-order valence-electron chi connectivity index (χ2n) is 12.4. The van der Waals surface area contributed by atoms with Crippen molar-refractivity contribution in [2.24, 2.45) is 0 Å². The van der Waals surface area contributed by atoms with Crippen LogP contribution < -0.4 is 5.32 Å². The zero-order chi connectivity index (χ0) is 33.2. The first kappa shape index (κ1) is 30.8. The highest BCUT2D eigenvalue weighted by Crippen LogP contribution is 2.51. The minimum atomic E-state index is -3.48. The van der Waals surface area contributed by atoms with Crippen LogP contribution in [-0.4, -0.2) is 53.9 Å². The summed E-state index contributed by atoms with van der Waals surface area (Å²) in [5, 5.41) is 5.31. The molecule has 1 aromatic heterocycles. The molecule has 1 amide bonds. The SMILES string of the molecule is CS(=O)(=O)N1CC(NC(=O)c2[nH]c3cc(Cl)cc4c3c2C2=C(c3ccccc3)C=C=CN2C4c2ccc(Cl)cc2)C(c2ccccc2)C1. The number of sulfonamides is 1. The molecule has 3 unspecified atom stereocenters. The van der Waals surface area contributed by atoms with E-state index in [1.807, 2.05) is 109 Å². The molecule has 3 atom stereocenters. The van der Waals surface area contributed by atoms with Crippen molar-refractivity contribution in [1.82, 2.24) is 19.5 Å². The number of fused-ring (bicyclic) bond motifs is 2.